The number of amides is 2. The number of rotatable bonds is 7. The summed E-state index contributed by atoms with van der Waals surface area (Å²) >= 11 is 1.74. The quantitative estimate of drug-likeness (QED) is 0.625. The second-order valence-corrected chi connectivity index (χ2v) is 8.05. The summed E-state index contributed by atoms with van der Waals surface area (Å²) in [4.78, 5) is 31.8. The molecule has 0 unspecified atom stereocenters. The Morgan fingerprint density at radius 3 is 2.87 bits per heavy atom. The summed E-state index contributed by atoms with van der Waals surface area (Å²) < 4.78 is 18.1. The van der Waals surface area contributed by atoms with E-state index in [9.17, 15) is 14.0 Å². The summed E-state index contributed by atoms with van der Waals surface area (Å²) in [5.74, 6) is 0.219. The van der Waals surface area contributed by atoms with Crippen LogP contribution in [-0.2, 0) is 29.0 Å². The van der Waals surface area contributed by atoms with Gasteiger partial charge >= 0.3 is 0 Å². The second-order valence-electron chi connectivity index (χ2n) is 7.05. The van der Waals surface area contributed by atoms with Crippen LogP contribution in [-0.4, -0.2) is 39.9 Å². The largest absolute Gasteiger partial charge is 0.356 e. The summed E-state index contributed by atoms with van der Waals surface area (Å²) in [6.07, 6.45) is 1.65. The molecular weight excluding hydrogens is 407 g/mol. The molecule has 1 aromatic carbocycles. The Morgan fingerprint density at radius 2 is 2.03 bits per heavy atom. The van der Waals surface area contributed by atoms with Gasteiger partial charge in [0.05, 0.1) is 0 Å². The highest BCUT2D eigenvalue weighted by Gasteiger charge is 2.21. The number of hydrogen-bond donors (Lipinski definition) is 1. The van der Waals surface area contributed by atoms with Crippen LogP contribution in [0.4, 0.5) is 4.39 Å². The number of carbonyl (C=O) groups excluding carboxylic acids is 2. The standard InChI is InChI=1S/C21H21FN4O3S/c22-16-3-1-14(2-4-16)21-24-19(29-25-21)6-5-18(27)23-10-7-20(28)26-11-8-17-15(13-26)9-12-30-17/h1-4,9,12H,5-8,10-11,13H2,(H,23,27). The molecule has 2 amide bonds. The Bertz CT molecular complexity index is 1030. The maximum atomic E-state index is 13.0. The van der Waals surface area contributed by atoms with Gasteiger partial charge in [-0.3, -0.25) is 9.59 Å². The molecule has 9 heteroatoms. The zero-order valence-electron chi connectivity index (χ0n) is 16.3. The van der Waals surface area contributed by atoms with Crippen molar-refractivity contribution in [1.82, 2.24) is 20.4 Å². The summed E-state index contributed by atoms with van der Waals surface area (Å²) in [5.41, 5.74) is 1.87. The highest BCUT2D eigenvalue weighted by molar-refractivity contribution is 7.10. The average molecular weight is 428 g/mol. The molecule has 1 N–H and O–H groups in total. The molecule has 7 nitrogen and oxygen atoms in total. The third-order valence-corrected chi connectivity index (χ3v) is 5.98. The number of hydrogen-bond acceptors (Lipinski definition) is 6. The van der Waals surface area contributed by atoms with Gasteiger partial charge in [0.15, 0.2) is 0 Å². The van der Waals surface area contributed by atoms with Crippen molar-refractivity contribution in [3.63, 3.8) is 0 Å². The highest BCUT2D eigenvalue weighted by atomic mass is 32.1. The Morgan fingerprint density at radius 1 is 1.20 bits per heavy atom. The van der Waals surface area contributed by atoms with Gasteiger partial charge < -0.3 is 14.7 Å². The Kier molecular flexibility index (Phi) is 6.18. The molecule has 0 bridgehead atoms. The molecular formula is C21H21FN4O3S. The lowest BCUT2D eigenvalue weighted by molar-refractivity contribution is -0.132. The number of aryl methyl sites for hydroxylation is 1. The number of benzene rings is 1. The number of halogens is 1. The SMILES string of the molecule is O=C(CCc1nc(-c2ccc(F)cc2)no1)NCCC(=O)N1CCc2sccc2C1. The lowest BCUT2D eigenvalue weighted by Gasteiger charge is -2.27. The molecule has 0 atom stereocenters. The number of aromatic nitrogens is 2. The van der Waals surface area contributed by atoms with E-state index in [4.69, 9.17) is 4.52 Å². The van der Waals surface area contributed by atoms with Gasteiger partial charge in [-0.2, -0.15) is 4.98 Å². The minimum Gasteiger partial charge on any atom is -0.356 e. The Hall–Kier alpha value is -3.07. The molecule has 4 rings (SSSR count). The fourth-order valence-corrected chi connectivity index (χ4v) is 4.20. The second kappa shape index (κ2) is 9.17. The number of nitrogens with one attached hydrogen (secondary N) is 1. The minimum atomic E-state index is -0.339. The van der Waals surface area contributed by atoms with E-state index in [1.165, 1.54) is 22.6 Å². The fourth-order valence-electron chi connectivity index (χ4n) is 3.31. The van der Waals surface area contributed by atoms with E-state index in [0.29, 0.717) is 36.8 Å². The molecule has 0 aliphatic carbocycles. The number of fused-ring (bicyclic) bond motifs is 1. The first-order chi connectivity index (χ1) is 14.6. The first-order valence-corrected chi connectivity index (χ1v) is 10.6. The van der Waals surface area contributed by atoms with E-state index < -0.39 is 0 Å². The van der Waals surface area contributed by atoms with E-state index in [-0.39, 0.29) is 30.5 Å². The molecule has 30 heavy (non-hydrogen) atoms. The first kappa shape index (κ1) is 20.2. The van der Waals surface area contributed by atoms with Gasteiger partial charge in [0, 0.05) is 49.3 Å². The molecule has 156 valence electrons. The number of nitrogens with zero attached hydrogens (tertiary/aromatic N) is 3. The Labute approximate surface area is 176 Å². The maximum absolute atomic E-state index is 13.0. The molecule has 0 spiro atoms. The van der Waals surface area contributed by atoms with Crippen LogP contribution in [0.15, 0.2) is 40.2 Å². The van der Waals surface area contributed by atoms with Crippen molar-refractivity contribution in [2.45, 2.75) is 32.2 Å². The van der Waals surface area contributed by atoms with Crippen LogP contribution in [0.25, 0.3) is 11.4 Å². The van der Waals surface area contributed by atoms with E-state index in [1.54, 1.807) is 23.5 Å². The molecule has 3 aromatic rings. The van der Waals surface area contributed by atoms with Crippen LogP contribution in [0.3, 0.4) is 0 Å². The fraction of sp³-hybridized carbons (Fsp3) is 0.333. The predicted molar refractivity (Wildman–Crippen MR) is 109 cm³/mol. The lowest BCUT2D eigenvalue weighted by atomic mass is 10.1. The van der Waals surface area contributed by atoms with Crippen molar-refractivity contribution in [3.05, 3.63) is 57.9 Å². The monoisotopic (exact) mass is 428 g/mol. The van der Waals surface area contributed by atoms with Gasteiger partial charge in [-0.15, -0.1) is 11.3 Å². The minimum absolute atomic E-state index is 0.0491. The van der Waals surface area contributed by atoms with Gasteiger partial charge in [-0.25, -0.2) is 4.39 Å². The van der Waals surface area contributed by atoms with Gasteiger partial charge in [0.25, 0.3) is 0 Å². The zero-order valence-corrected chi connectivity index (χ0v) is 17.1. The van der Waals surface area contributed by atoms with Crippen molar-refractivity contribution in [2.24, 2.45) is 0 Å². The van der Waals surface area contributed by atoms with Gasteiger partial charge in [0.2, 0.25) is 23.5 Å². The molecule has 0 fully saturated rings. The van der Waals surface area contributed by atoms with E-state index in [0.717, 1.165) is 13.0 Å². The normalized spacial score (nSPS) is 13.2. The summed E-state index contributed by atoms with van der Waals surface area (Å²) in [6, 6.07) is 7.84. The number of thiophene rings is 1. The topological polar surface area (TPSA) is 88.3 Å². The average Bonchev–Trinajstić information content (AvgIpc) is 3.41. The van der Waals surface area contributed by atoms with Crippen molar-refractivity contribution >= 4 is 23.2 Å². The van der Waals surface area contributed by atoms with Crippen LogP contribution in [0, 0.1) is 5.82 Å². The molecule has 1 aliphatic rings. The molecule has 0 radical (unpaired) electrons. The molecule has 3 heterocycles. The van der Waals surface area contributed by atoms with Gasteiger partial charge in [-0.05, 0) is 47.7 Å². The lowest BCUT2D eigenvalue weighted by Crippen LogP contribution is -2.37. The van der Waals surface area contributed by atoms with Crippen LogP contribution >= 0.6 is 11.3 Å². The van der Waals surface area contributed by atoms with E-state index in [1.807, 2.05) is 4.90 Å². The van der Waals surface area contributed by atoms with Crippen molar-refractivity contribution in [2.75, 3.05) is 13.1 Å². The van der Waals surface area contributed by atoms with Gasteiger partial charge in [-0.1, -0.05) is 5.16 Å². The third kappa shape index (κ3) is 4.91. The van der Waals surface area contributed by atoms with Crippen molar-refractivity contribution in [3.8, 4) is 11.4 Å². The van der Waals surface area contributed by atoms with Gasteiger partial charge in [0.1, 0.15) is 5.82 Å². The van der Waals surface area contributed by atoms with Crippen LogP contribution < -0.4 is 5.32 Å². The molecule has 0 saturated carbocycles. The summed E-state index contributed by atoms with van der Waals surface area (Å²) in [6.45, 7) is 1.68. The molecule has 2 aromatic heterocycles. The zero-order chi connectivity index (χ0) is 20.9. The Balaban J connectivity index is 1.18. The van der Waals surface area contributed by atoms with Crippen LogP contribution in [0.1, 0.15) is 29.2 Å². The predicted octanol–water partition coefficient (Wildman–Crippen LogP) is 2.96. The first-order valence-electron chi connectivity index (χ1n) is 9.77. The van der Waals surface area contributed by atoms with E-state index >= 15 is 0 Å². The van der Waals surface area contributed by atoms with Crippen LogP contribution in [0.5, 0.6) is 0 Å². The smallest absolute Gasteiger partial charge is 0.227 e. The number of carbonyl (C=O) groups is 2. The highest BCUT2D eigenvalue weighted by Crippen LogP contribution is 2.24. The molecule has 1 aliphatic heterocycles. The third-order valence-electron chi connectivity index (χ3n) is 4.96. The maximum Gasteiger partial charge on any atom is 0.227 e. The van der Waals surface area contributed by atoms with E-state index in [2.05, 4.69) is 26.9 Å². The van der Waals surface area contributed by atoms with Crippen molar-refractivity contribution in [1.29, 1.82) is 0 Å². The van der Waals surface area contributed by atoms with Crippen molar-refractivity contribution < 1.29 is 18.5 Å². The summed E-state index contributed by atoms with van der Waals surface area (Å²) in [7, 11) is 0. The molecule has 0 saturated heterocycles. The summed E-state index contributed by atoms with van der Waals surface area (Å²) in [5, 5.41) is 8.68. The van der Waals surface area contributed by atoms with Crippen LogP contribution in [0.2, 0.25) is 0 Å².